The molecule has 0 aliphatic heterocycles. The van der Waals surface area contributed by atoms with Crippen LogP contribution < -0.4 is 0 Å². The second kappa shape index (κ2) is 5.10. The molecule has 3 nitrogen and oxygen atoms in total. The second-order valence-electron chi connectivity index (χ2n) is 3.85. The van der Waals surface area contributed by atoms with Crippen molar-refractivity contribution in [3.8, 4) is 0 Å². The summed E-state index contributed by atoms with van der Waals surface area (Å²) in [5.41, 5.74) is 1.20. The largest absolute Gasteiger partial charge is 0.328 e. The molecule has 0 saturated heterocycles. The fourth-order valence-electron chi connectivity index (χ4n) is 1.79. The Labute approximate surface area is 106 Å². The molecule has 1 atom stereocenters. The molecular formula is C11H13FN2OS2. The summed E-state index contributed by atoms with van der Waals surface area (Å²) in [4.78, 5) is 2.86. The number of halogens is 1. The average Bonchev–Trinajstić information content (AvgIpc) is 2.57. The third kappa shape index (κ3) is 2.63. The van der Waals surface area contributed by atoms with Gasteiger partial charge in [0.2, 0.25) is 0 Å². The van der Waals surface area contributed by atoms with Crippen LogP contribution in [0.1, 0.15) is 6.42 Å². The Hall–Kier alpha value is -1.01. The van der Waals surface area contributed by atoms with Gasteiger partial charge in [-0.15, -0.1) is 0 Å². The van der Waals surface area contributed by atoms with Gasteiger partial charge in [-0.3, -0.25) is 4.21 Å². The number of nitrogens with zero attached hydrogens (tertiary/aromatic N) is 1. The molecule has 6 heteroatoms. The molecule has 0 aliphatic rings. The zero-order valence-corrected chi connectivity index (χ0v) is 11.0. The van der Waals surface area contributed by atoms with Crippen LogP contribution in [0.15, 0.2) is 18.2 Å². The van der Waals surface area contributed by atoms with Crippen molar-refractivity contribution in [1.82, 2.24) is 9.55 Å². The molecule has 0 aliphatic carbocycles. The van der Waals surface area contributed by atoms with Crippen LogP contribution in [0, 0.1) is 10.6 Å². The van der Waals surface area contributed by atoms with Crippen molar-refractivity contribution in [1.29, 1.82) is 0 Å². The van der Waals surface area contributed by atoms with E-state index >= 15 is 0 Å². The zero-order chi connectivity index (χ0) is 12.4. The summed E-state index contributed by atoms with van der Waals surface area (Å²) in [6.07, 6.45) is 2.44. The molecule has 1 unspecified atom stereocenters. The molecule has 0 radical (unpaired) electrons. The van der Waals surface area contributed by atoms with Crippen LogP contribution >= 0.6 is 12.2 Å². The van der Waals surface area contributed by atoms with Crippen LogP contribution in [0.3, 0.4) is 0 Å². The predicted molar refractivity (Wildman–Crippen MR) is 70.6 cm³/mol. The van der Waals surface area contributed by atoms with Gasteiger partial charge in [-0.1, -0.05) is 6.07 Å². The third-order valence-electron chi connectivity index (χ3n) is 2.57. The number of hydrogen-bond donors (Lipinski definition) is 1. The first-order chi connectivity index (χ1) is 8.09. The van der Waals surface area contributed by atoms with Gasteiger partial charge in [-0.2, -0.15) is 0 Å². The van der Waals surface area contributed by atoms with Crippen molar-refractivity contribution < 1.29 is 8.60 Å². The zero-order valence-electron chi connectivity index (χ0n) is 9.40. The highest BCUT2D eigenvalue weighted by atomic mass is 32.2. The summed E-state index contributed by atoms with van der Waals surface area (Å²) < 4.78 is 26.8. The molecule has 0 fully saturated rings. The summed E-state index contributed by atoms with van der Waals surface area (Å²) in [6.45, 7) is 0.655. The Kier molecular flexibility index (Phi) is 3.73. The van der Waals surface area contributed by atoms with Crippen molar-refractivity contribution in [2.45, 2.75) is 13.0 Å². The van der Waals surface area contributed by atoms with Crippen molar-refractivity contribution in [2.24, 2.45) is 0 Å². The lowest BCUT2D eigenvalue weighted by Crippen LogP contribution is -2.03. The maximum Gasteiger partial charge on any atom is 0.178 e. The summed E-state index contributed by atoms with van der Waals surface area (Å²) in [5, 5.41) is 0. The quantitative estimate of drug-likeness (QED) is 0.869. The van der Waals surface area contributed by atoms with E-state index in [1.807, 2.05) is 10.6 Å². The standard InChI is InChI=1S/C11H13FN2OS2/c1-17(15)7-3-6-14-9-5-2-4-8(12)10(9)13-11(14)16/h2,4-5H,3,6-7H2,1H3,(H,13,16). The van der Waals surface area contributed by atoms with E-state index in [0.717, 1.165) is 11.9 Å². The van der Waals surface area contributed by atoms with Crippen molar-refractivity contribution in [2.75, 3.05) is 12.0 Å². The minimum absolute atomic E-state index is 0.300. The molecule has 17 heavy (non-hydrogen) atoms. The average molecular weight is 272 g/mol. The molecule has 2 aromatic rings. The lowest BCUT2D eigenvalue weighted by molar-refractivity contribution is 0.637. The maximum absolute atomic E-state index is 13.5. The van der Waals surface area contributed by atoms with Gasteiger partial charge in [0.15, 0.2) is 4.77 Å². The van der Waals surface area contributed by atoms with Crippen LogP contribution in [-0.2, 0) is 17.3 Å². The van der Waals surface area contributed by atoms with Gasteiger partial charge in [0, 0.05) is 29.4 Å². The molecule has 1 aromatic heterocycles. The molecule has 0 bridgehead atoms. The van der Waals surface area contributed by atoms with Gasteiger partial charge in [0.25, 0.3) is 0 Å². The van der Waals surface area contributed by atoms with E-state index in [1.54, 1.807) is 12.3 Å². The Morgan fingerprint density at radius 2 is 2.29 bits per heavy atom. The molecule has 92 valence electrons. The first-order valence-electron chi connectivity index (χ1n) is 5.26. The van der Waals surface area contributed by atoms with E-state index in [1.165, 1.54) is 6.07 Å². The fraction of sp³-hybridized carbons (Fsp3) is 0.364. The van der Waals surface area contributed by atoms with Crippen LogP contribution in [0.25, 0.3) is 11.0 Å². The number of aryl methyl sites for hydroxylation is 1. The number of para-hydroxylation sites is 1. The Bertz CT molecular complexity index is 617. The van der Waals surface area contributed by atoms with E-state index in [0.29, 0.717) is 22.6 Å². The highest BCUT2D eigenvalue weighted by Gasteiger charge is 2.07. The predicted octanol–water partition coefficient (Wildman–Crippen LogP) is 2.61. The summed E-state index contributed by atoms with van der Waals surface area (Å²) in [7, 11) is -0.803. The summed E-state index contributed by atoms with van der Waals surface area (Å²) in [6, 6.07) is 4.89. The number of H-pyrrole nitrogens is 1. The fourth-order valence-corrected chi connectivity index (χ4v) is 2.62. The number of rotatable bonds is 4. The molecule has 0 amide bonds. The lowest BCUT2D eigenvalue weighted by Gasteiger charge is -2.03. The second-order valence-corrected chi connectivity index (χ2v) is 5.79. The molecule has 0 saturated carbocycles. The number of nitrogens with one attached hydrogen (secondary N) is 1. The Morgan fingerprint density at radius 1 is 1.53 bits per heavy atom. The third-order valence-corrected chi connectivity index (χ3v) is 3.76. The number of benzene rings is 1. The Balaban J connectivity index is 2.34. The SMILES string of the molecule is CS(=O)CCCn1c(=S)[nH]c2c(F)cccc21. The van der Waals surface area contributed by atoms with Gasteiger partial charge in [-0.25, -0.2) is 4.39 Å². The maximum atomic E-state index is 13.5. The molecule has 1 aromatic carbocycles. The highest BCUT2D eigenvalue weighted by Crippen LogP contribution is 2.17. The molecule has 0 spiro atoms. The van der Waals surface area contributed by atoms with E-state index in [9.17, 15) is 8.60 Å². The molecule has 2 rings (SSSR count). The van der Waals surface area contributed by atoms with Crippen LogP contribution in [0.2, 0.25) is 0 Å². The van der Waals surface area contributed by atoms with Gasteiger partial charge < -0.3 is 9.55 Å². The van der Waals surface area contributed by atoms with Crippen LogP contribution in [0.4, 0.5) is 4.39 Å². The lowest BCUT2D eigenvalue weighted by atomic mass is 10.3. The van der Waals surface area contributed by atoms with Gasteiger partial charge in [0.1, 0.15) is 11.3 Å². The van der Waals surface area contributed by atoms with Crippen molar-refractivity contribution >= 4 is 34.1 Å². The number of aromatic amines is 1. The van der Waals surface area contributed by atoms with E-state index in [2.05, 4.69) is 4.98 Å². The minimum atomic E-state index is -0.803. The minimum Gasteiger partial charge on any atom is -0.328 e. The molecule has 1 N–H and O–H groups in total. The molecular weight excluding hydrogens is 259 g/mol. The number of imidazole rings is 1. The van der Waals surface area contributed by atoms with Crippen LogP contribution in [0.5, 0.6) is 0 Å². The van der Waals surface area contributed by atoms with Crippen LogP contribution in [-0.4, -0.2) is 25.8 Å². The number of hydrogen-bond acceptors (Lipinski definition) is 2. The van der Waals surface area contributed by atoms with Gasteiger partial charge >= 0.3 is 0 Å². The Morgan fingerprint density at radius 3 is 3.00 bits per heavy atom. The van der Waals surface area contributed by atoms with E-state index in [-0.39, 0.29) is 5.82 Å². The number of fused-ring (bicyclic) bond motifs is 1. The van der Waals surface area contributed by atoms with E-state index < -0.39 is 10.8 Å². The summed E-state index contributed by atoms with van der Waals surface area (Å²) >= 11 is 5.16. The van der Waals surface area contributed by atoms with E-state index in [4.69, 9.17) is 12.2 Å². The summed E-state index contributed by atoms with van der Waals surface area (Å²) in [5.74, 6) is 0.329. The molecule has 1 heterocycles. The first kappa shape index (κ1) is 12.4. The van der Waals surface area contributed by atoms with Gasteiger partial charge in [-0.05, 0) is 30.8 Å². The van der Waals surface area contributed by atoms with Crippen molar-refractivity contribution in [3.05, 3.63) is 28.8 Å². The van der Waals surface area contributed by atoms with Crippen molar-refractivity contribution in [3.63, 3.8) is 0 Å². The monoisotopic (exact) mass is 272 g/mol. The topological polar surface area (TPSA) is 37.8 Å². The highest BCUT2D eigenvalue weighted by molar-refractivity contribution is 7.84. The normalized spacial score (nSPS) is 13.1. The number of aromatic nitrogens is 2. The first-order valence-corrected chi connectivity index (χ1v) is 7.40. The smallest absolute Gasteiger partial charge is 0.178 e. The van der Waals surface area contributed by atoms with Gasteiger partial charge in [0.05, 0.1) is 5.52 Å².